The second-order valence-electron chi connectivity index (χ2n) is 7.89. The molecule has 2 aliphatic carbocycles. The first-order valence-corrected chi connectivity index (χ1v) is 9.99. The van der Waals surface area contributed by atoms with Gasteiger partial charge in [-0.1, -0.05) is 19.3 Å². The largest absolute Gasteiger partial charge is 0.418 e. The van der Waals surface area contributed by atoms with Gasteiger partial charge in [0.2, 0.25) is 0 Å². The van der Waals surface area contributed by atoms with E-state index < -0.39 is 6.10 Å². The second-order valence-corrected chi connectivity index (χ2v) is 7.89. The summed E-state index contributed by atoms with van der Waals surface area (Å²) in [5, 5.41) is 10.9. The normalized spacial score (nSPS) is 25.3. The van der Waals surface area contributed by atoms with Gasteiger partial charge in [0.15, 0.2) is 0 Å². The molecular weight excluding hydrogens is 326 g/mol. The van der Waals surface area contributed by atoms with Gasteiger partial charge in [-0.05, 0) is 78.2 Å². The molecule has 1 N–H and O–H groups in total. The van der Waals surface area contributed by atoms with Gasteiger partial charge in [0.05, 0.1) is 12.4 Å². The lowest BCUT2D eigenvalue weighted by Crippen LogP contribution is -2.41. The summed E-state index contributed by atoms with van der Waals surface area (Å²) < 4.78 is 5.57. The summed E-state index contributed by atoms with van der Waals surface area (Å²) in [7, 11) is 0. The maximum atomic E-state index is 12.5. The molecule has 0 aliphatic heterocycles. The van der Waals surface area contributed by atoms with Gasteiger partial charge in [-0.2, -0.15) is 0 Å². The van der Waals surface area contributed by atoms with Gasteiger partial charge in [-0.3, -0.25) is 0 Å². The molecule has 2 rings (SSSR count). The molecule has 0 aromatic carbocycles. The number of aliphatic hydroxyl groups is 1. The van der Waals surface area contributed by atoms with Gasteiger partial charge in [-0.25, -0.2) is 4.79 Å². The van der Waals surface area contributed by atoms with Crippen molar-refractivity contribution < 1.29 is 14.6 Å². The molecule has 4 nitrogen and oxygen atoms in total. The Kier molecular flexibility index (Phi) is 8.46. The van der Waals surface area contributed by atoms with E-state index in [1.807, 2.05) is 53.4 Å². The molecule has 145 valence electrons. The molecule has 2 aliphatic rings. The van der Waals surface area contributed by atoms with E-state index in [4.69, 9.17) is 4.74 Å². The lowest BCUT2D eigenvalue weighted by molar-refractivity contribution is 0.104. The third-order valence-corrected chi connectivity index (χ3v) is 5.25. The molecule has 0 unspecified atom stereocenters. The van der Waals surface area contributed by atoms with E-state index in [0.29, 0.717) is 0 Å². The molecule has 0 aromatic rings. The minimum absolute atomic E-state index is 0.0112. The standard InChI is InChI=1S/C22H34NO3/c1-16(2)23(17(3)4)22(25)26-15-19-13-7-5-6-8-14-20(19)21(24)18-11-9-10-12-18/h9-12,15-17,20-21,24H,5-8,13-14H2,1-4H3/b19-15+/t20-,21+/m0/s1. The molecule has 1 amide bonds. The van der Waals surface area contributed by atoms with Crippen LogP contribution in [0.15, 0.2) is 11.8 Å². The number of carbonyl (C=O) groups is 1. The molecule has 26 heavy (non-hydrogen) atoms. The van der Waals surface area contributed by atoms with Gasteiger partial charge in [-0.15, -0.1) is 0 Å². The van der Waals surface area contributed by atoms with Gasteiger partial charge < -0.3 is 14.7 Å². The molecule has 0 bridgehead atoms. The number of amides is 1. The predicted octanol–water partition coefficient (Wildman–Crippen LogP) is 4.86. The van der Waals surface area contributed by atoms with Crippen molar-refractivity contribution in [3.8, 4) is 0 Å². The van der Waals surface area contributed by atoms with E-state index in [1.54, 1.807) is 11.2 Å². The van der Waals surface area contributed by atoms with E-state index in [0.717, 1.165) is 37.2 Å². The number of hydrogen-bond acceptors (Lipinski definition) is 3. The summed E-state index contributed by atoms with van der Waals surface area (Å²) in [5.41, 5.74) is 1.05. The second kappa shape index (κ2) is 10.3. The number of carbonyl (C=O) groups excluding carboxylic acids is 1. The molecule has 2 atom stereocenters. The van der Waals surface area contributed by atoms with Crippen LogP contribution in [-0.2, 0) is 4.74 Å². The van der Waals surface area contributed by atoms with E-state index in [9.17, 15) is 9.90 Å². The molecule has 0 spiro atoms. The van der Waals surface area contributed by atoms with Crippen molar-refractivity contribution in [1.29, 1.82) is 0 Å². The lowest BCUT2D eigenvalue weighted by Gasteiger charge is -2.31. The molecule has 5 radical (unpaired) electrons. The van der Waals surface area contributed by atoms with Crippen LogP contribution in [0.5, 0.6) is 0 Å². The predicted molar refractivity (Wildman–Crippen MR) is 104 cm³/mol. The zero-order valence-corrected chi connectivity index (χ0v) is 16.6. The first-order valence-electron chi connectivity index (χ1n) is 9.99. The molecule has 2 fully saturated rings. The van der Waals surface area contributed by atoms with E-state index in [2.05, 4.69) is 0 Å². The van der Waals surface area contributed by atoms with Crippen LogP contribution >= 0.6 is 0 Å². The van der Waals surface area contributed by atoms with Crippen molar-refractivity contribution in [3.05, 3.63) is 43.4 Å². The van der Waals surface area contributed by atoms with Gasteiger partial charge in [0.25, 0.3) is 0 Å². The fourth-order valence-electron chi connectivity index (χ4n) is 3.95. The van der Waals surface area contributed by atoms with Crippen molar-refractivity contribution in [2.24, 2.45) is 5.92 Å². The quantitative estimate of drug-likeness (QED) is 0.712. The summed E-state index contributed by atoms with van der Waals surface area (Å²) in [5.74, 6) is 0.954. The van der Waals surface area contributed by atoms with Crippen molar-refractivity contribution in [2.75, 3.05) is 0 Å². The Labute approximate surface area is 160 Å². The Morgan fingerprint density at radius 3 is 2.35 bits per heavy atom. The molecule has 0 aromatic heterocycles. The van der Waals surface area contributed by atoms with Crippen LogP contribution < -0.4 is 0 Å². The first kappa shape index (κ1) is 21.3. The van der Waals surface area contributed by atoms with Crippen LogP contribution in [0.1, 0.15) is 66.2 Å². The molecule has 4 heteroatoms. The van der Waals surface area contributed by atoms with E-state index >= 15 is 0 Å². The number of aliphatic hydroxyl groups excluding tert-OH is 1. The summed E-state index contributed by atoms with van der Waals surface area (Å²) in [6.45, 7) is 7.97. The third kappa shape index (κ3) is 5.73. The van der Waals surface area contributed by atoms with E-state index in [-0.39, 0.29) is 24.1 Å². The lowest BCUT2D eigenvalue weighted by atomic mass is 9.78. The number of ether oxygens (including phenoxy) is 1. The average Bonchev–Trinajstić information content (AvgIpc) is 3.07. The summed E-state index contributed by atoms with van der Waals surface area (Å²) >= 11 is 0. The molecule has 2 saturated carbocycles. The Morgan fingerprint density at radius 2 is 1.73 bits per heavy atom. The van der Waals surface area contributed by atoms with Gasteiger partial charge in [0.1, 0.15) is 0 Å². The van der Waals surface area contributed by atoms with Crippen LogP contribution in [0.3, 0.4) is 0 Å². The highest BCUT2D eigenvalue weighted by molar-refractivity contribution is 5.69. The van der Waals surface area contributed by atoms with Crippen molar-refractivity contribution in [2.45, 2.75) is 84.4 Å². The highest BCUT2D eigenvalue weighted by Crippen LogP contribution is 2.37. The minimum Gasteiger partial charge on any atom is -0.418 e. The Bertz CT molecular complexity index is 458. The summed E-state index contributed by atoms with van der Waals surface area (Å²) in [6.07, 6.45) is 15.0. The number of rotatable bonds is 5. The van der Waals surface area contributed by atoms with Crippen molar-refractivity contribution in [1.82, 2.24) is 4.90 Å². The highest BCUT2D eigenvalue weighted by atomic mass is 16.5. The van der Waals surface area contributed by atoms with Gasteiger partial charge >= 0.3 is 6.09 Å². The Balaban J connectivity index is 2.11. The maximum absolute atomic E-state index is 12.5. The SMILES string of the molecule is CC(C)N(C(=O)O/C=C1\CCCCCC[C@@H]1[C@H](O)[C]1[CH][CH][CH][CH]1)C(C)C. The fourth-order valence-corrected chi connectivity index (χ4v) is 3.95. The highest BCUT2D eigenvalue weighted by Gasteiger charge is 2.33. The fraction of sp³-hybridized carbons (Fsp3) is 0.636. The molecule has 0 heterocycles. The van der Waals surface area contributed by atoms with Crippen molar-refractivity contribution >= 4 is 6.09 Å². The topological polar surface area (TPSA) is 49.8 Å². The maximum Gasteiger partial charge on any atom is 0.415 e. The monoisotopic (exact) mass is 360 g/mol. The Morgan fingerprint density at radius 1 is 1.12 bits per heavy atom. The molecule has 0 saturated heterocycles. The minimum atomic E-state index is -0.542. The van der Waals surface area contributed by atoms with Crippen LogP contribution in [0.2, 0.25) is 0 Å². The molecular formula is C22H34NO3. The third-order valence-electron chi connectivity index (χ3n) is 5.25. The van der Waals surface area contributed by atoms with Crippen molar-refractivity contribution in [3.63, 3.8) is 0 Å². The number of nitrogens with zero attached hydrogens (tertiary/aromatic N) is 1. The number of hydrogen-bond donors (Lipinski definition) is 1. The van der Waals surface area contributed by atoms with Crippen LogP contribution in [0.4, 0.5) is 4.79 Å². The Hall–Kier alpha value is -1.03. The van der Waals surface area contributed by atoms with E-state index in [1.165, 1.54) is 12.8 Å². The zero-order chi connectivity index (χ0) is 19.1. The smallest absolute Gasteiger partial charge is 0.415 e. The zero-order valence-electron chi connectivity index (χ0n) is 16.6. The summed E-state index contributed by atoms with van der Waals surface area (Å²) in [6, 6.07) is 0.174. The van der Waals surface area contributed by atoms with Crippen LogP contribution in [0.25, 0.3) is 0 Å². The van der Waals surface area contributed by atoms with Crippen LogP contribution in [0, 0.1) is 37.5 Å². The van der Waals surface area contributed by atoms with Crippen LogP contribution in [-0.4, -0.2) is 34.3 Å². The first-order chi connectivity index (χ1) is 12.4. The van der Waals surface area contributed by atoms with Gasteiger partial charge in [0, 0.05) is 23.9 Å². The summed E-state index contributed by atoms with van der Waals surface area (Å²) in [4.78, 5) is 14.3. The average molecular weight is 361 g/mol.